The van der Waals surface area contributed by atoms with Crippen LogP contribution in [0.3, 0.4) is 0 Å². The van der Waals surface area contributed by atoms with Crippen molar-refractivity contribution in [3.8, 4) is 0 Å². The third-order valence-electron chi connectivity index (χ3n) is 3.11. The van der Waals surface area contributed by atoms with Gasteiger partial charge in [0.05, 0.1) is 0 Å². The topological polar surface area (TPSA) is 70.1 Å². The van der Waals surface area contributed by atoms with E-state index in [-0.39, 0.29) is 18.4 Å². The van der Waals surface area contributed by atoms with Crippen LogP contribution in [0.2, 0.25) is 0 Å². The van der Waals surface area contributed by atoms with Crippen molar-refractivity contribution in [1.29, 1.82) is 0 Å². The standard InChI is InChI=1S/C12H19F3N4O/c1-4-11(2,5-6-20)19-9-7-8(12(13,14)15)17-10(16-3)18-9/h7,20H,4-6H2,1-3H3,(H2,16,17,18,19). The Morgan fingerprint density at radius 2 is 1.95 bits per heavy atom. The fourth-order valence-corrected chi connectivity index (χ4v) is 1.65. The molecule has 0 bridgehead atoms. The predicted molar refractivity (Wildman–Crippen MR) is 70.6 cm³/mol. The Hall–Kier alpha value is -1.57. The first kappa shape index (κ1) is 16.5. The second-order valence-electron chi connectivity index (χ2n) is 4.72. The van der Waals surface area contributed by atoms with Gasteiger partial charge in [0.1, 0.15) is 5.82 Å². The molecular formula is C12H19F3N4O. The average Bonchev–Trinajstić information content (AvgIpc) is 2.37. The van der Waals surface area contributed by atoms with Crippen LogP contribution in [0.1, 0.15) is 32.4 Å². The number of nitrogens with one attached hydrogen (secondary N) is 2. The SMILES string of the molecule is CCC(C)(CCO)Nc1cc(C(F)(F)F)nc(NC)n1. The highest BCUT2D eigenvalue weighted by Gasteiger charge is 2.34. The molecule has 114 valence electrons. The highest BCUT2D eigenvalue weighted by atomic mass is 19.4. The molecule has 1 unspecified atom stereocenters. The number of anilines is 2. The zero-order valence-corrected chi connectivity index (χ0v) is 11.7. The number of hydrogen-bond donors (Lipinski definition) is 3. The molecule has 5 nitrogen and oxygen atoms in total. The lowest BCUT2D eigenvalue weighted by molar-refractivity contribution is -0.141. The molecule has 8 heteroatoms. The summed E-state index contributed by atoms with van der Waals surface area (Å²) in [7, 11) is 1.45. The molecule has 0 aliphatic rings. The molecule has 0 amide bonds. The molecule has 0 aromatic carbocycles. The first-order valence-electron chi connectivity index (χ1n) is 6.27. The van der Waals surface area contributed by atoms with Crippen molar-refractivity contribution in [2.75, 3.05) is 24.3 Å². The maximum Gasteiger partial charge on any atom is 0.433 e. The number of aliphatic hydroxyl groups excluding tert-OH is 1. The van der Waals surface area contributed by atoms with Crippen LogP contribution in [0.4, 0.5) is 24.9 Å². The number of rotatable bonds is 6. The monoisotopic (exact) mass is 292 g/mol. The third kappa shape index (κ3) is 4.22. The summed E-state index contributed by atoms with van der Waals surface area (Å²) in [5, 5.41) is 14.5. The highest BCUT2D eigenvalue weighted by molar-refractivity contribution is 5.44. The van der Waals surface area contributed by atoms with Crippen LogP contribution in [0.25, 0.3) is 0 Å². The van der Waals surface area contributed by atoms with E-state index in [1.54, 1.807) is 0 Å². The summed E-state index contributed by atoms with van der Waals surface area (Å²) in [6, 6.07) is 0.867. The lowest BCUT2D eigenvalue weighted by Crippen LogP contribution is -2.35. The normalized spacial score (nSPS) is 14.8. The molecule has 0 aliphatic carbocycles. The molecule has 3 N–H and O–H groups in total. The smallest absolute Gasteiger partial charge is 0.396 e. The summed E-state index contributed by atoms with van der Waals surface area (Å²) >= 11 is 0. The van der Waals surface area contributed by atoms with E-state index in [1.165, 1.54) is 7.05 Å². The quantitative estimate of drug-likeness (QED) is 0.751. The van der Waals surface area contributed by atoms with Gasteiger partial charge < -0.3 is 15.7 Å². The van der Waals surface area contributed by atoms with Gasteiger partial charge in [-0.1, -0.05) is 6.92 Å². The lowest BCUT2D eigenvalue weighted by atomic mass is 9.95. The van der Waals surface area contributed by atoms with E-state index in [9.17, 15) is 13.2 Å². The van der Waals surface area contributed by atoms with Gasteiger partial charge in [0.25, 0.3) is 0 Å². The van der Waals surface area contributed by atoms with Crippen LogP contribution in [-0.4, -0.2) is 34.3 Å². The maximum absolute atomic E-state index is 12.8. The number of halogens is 3. The molecular weight excluding hydrogens is 273 g/mol. The molecule has 1 aromatic heterocycles. The van der Waals surface area contributed by atoms with E-state index in [4.69, 9.17) is 5.11 Å². The molecule has 0 spiro atoms. The van der Waals surface area contributed by atoms with Gasteiger partial charge in [-0.2, -0.15) is 18.2 Å². The van der Waals surface area contributed by atoms with Crippen LogP contribution < -0.4 is 10.6 Å². The average molecular weight is 292 g/mol. The molecule has 0 aliphatic heterocycles. The Morgan fingerprint density at radius 1 is 1.30 bits per heavy atom. The second-order valence-corrected chi connectivity index (χ2v) is 4.72. The second kappa shape index (κ2) is 6.25. The van der Waals surface area contributed by atoms with Gasteiger partial charge in [0.2, 0.25) is 5.95 Å². The zero-order chi connectivity index (χ0) is 15.4. The van der Waals surface area contributed by atoms with Crippen LogP contribution in [0, 0.1) is 0 Å². The van der Waals surface area contributed by atoms with Crippen LogP contribution in [0.5, 0.6) is 0 Å². The first-order valence-corrected chi connectivity index (χ1v) is 6.27. The van der Waals surface area contributed by atoms with Crippen molar-refractivity contribution >= 4 is 11.8 Å². The highest BCUT2D eigenvalue weighted by Crippen LogP contribution is 2.30. The molecule has 20 heavy (non-hydrogen) atoms. The summed E-state index contributed by atoms with van der Waals surface area (Å²) in [5.41, 5.74) is -1.54. The molecule has 0 radical (unpaired) electrons. The van der Waals surface area contributed by atoms with E-state index in [0.717, 1.165) is 6.07 Å². The maximum atomic E-state index is 12.8. The zero-order valence-electron chi connectivity index (χ0n) is 11.7. The molecule has 1 rings (SSSR count). The number of nitrogens with zero attached hydrogens (tertiary/aromatic N) is 2. The Kier molecular flexibility index (Phi) is 5.15. The number of aromatic nitrogens is 2. The summed E-state index contributed by atoms with van der Waals surface area (Å²) in [4.78, 5) is 7.35. The van der Waals surface area contributed by atoms with Crippen LogP contribution >= 0.6 is 0 Å². The molecule has 1 aromatic rings. The summed E-state index contributed by atoms with van der Waals surface area (Å²) in [6.07, 6.45) is -3.50. The molecule has 0 fully saturated rings. The Morgan fingerprint density at radius 3 is 2.40 bits per heavy atom. The van der Waals surface area contributed by atoms with Gasteiger partial charge in [0.15, 0.2) is 5.69 Å². The fraction of sp³-hybridized carbons (Fsp3) is 0.667. The predicted octanol–water partition coefficient (Wildman–Crippen LogP) is 2.50. The van der Waals surface area contributed by atoms with E-state index >= 15 is 0 Å². The summed E-state index contributed by atoms with van der Waals surface area (Å²) in [6.45, 7) is 3.64. The number of aliphatic hydroxyl groups is 1. The van der Waals surface area contributed by atoms with Crippen LogP contribution in [0.15, 0.2) is 6.07 Å². The van der Waals surface area contributed by atoms with E-state index in [1.807, 2.05) is 13.8 Å². The van der Waals surface area contributed by atoms with Gasteiger partial charge in [-0.25, -0.2) is 4.98 Å². The molecule has 1 heterocycles. The van der Waals surface area contributed by atoms with Gasteiger partial charge in [0, 0.05) is 25.3 Å². The van der Waals surface area contributed by atoms with Crippen molar-refractivity contribution in [3.63, 3.8) is 0 Å². The summed E-state index contributed by atoms with van der Waals surface area (Å²) in [5.74, 6) is -0.0285. The van der Waals surface area contributed by atoms with Crippen molar-refractivity contribution < 1.29 is 18.3 Å². The lowest BCUT2D eigenvalue weighted by Gasteiger charge is -2.29. The van der Waals surface area contributed by atoms with E-state index in [2.05, 4.69) is 20.6 Å². The van der Waals surface area contributed by atoms with Gasteiger partial charge >= 0.3 is 6.18 Å². The van der Waals surface area contributed by atoms with Crippen molar-refractivity contribution in [1.82, 2.24) is 9.97 Å². The fourth-order valence-electron chi connectivity index (χ4n) is 1.65. The van der Waals surface area contributed by atoms with Crippen molar-refractivity contribution in [2.24, 2.45) is 0 Å². The minimum atomic E-state index is -4.54. The Labute approximate surface area is 115 Å². The number of alkyl halides is 3. The largest absolute Gasteiger partial charge is 0.433 e. The minimum absolute atomic E-state index is 0.0621. The third-order valence-corrected chi connectivity index (χ3v) is 3.11. The van der Waals surface area contributed by atoms with Gasteiger partial charge in [-0.05, 0) is 19.8 Å². The van der Waals surface area contributed by atoms with Crippen LogP contribution in [-0.2, 0) is 6.18 Å². The molecule has 0 saturated carbocycles. The minimum Gasteiger partial charge on any atom is -0.396 e. The summed E-state index contributed by atoms with van der Waals surface area (Å²) < 4.78 is 38.3. The van der Waals surface area contributed by atoms with E-state index in [0.29, 0.717) is 12.8 Å². The number of hydrogen-bond acceptors (Lipinski definition) is 5. The van der Waals surface area contributed by atoms with Gasteiger partial charge in [-0.3, -0.25) is 0 Å². The Balaban J connectivity index is 3.11. The van der Waals surface area contributed by atoms with E-state index < -0.39 is 17.4 Å². The van der Waals surface area contributed by atoms with Gasteiger partial charge in [-0.15, -0.1) is 0 Å². The molecule has 0 saturated heterocycles. The van der Waals surface area contributed by atoms with Crippen molar-refractivity contribution in [2.45, 2.75) is 38.4 Å². The molecule has 1 atom stereocenters. The van der Waals surface area contributed by atoms with Crippen molar-refractivity contribution in [3.05, 3.63) is 11.8 Å². The Bertz CT molecular complexity index is 453. The first-order chi connectivity index (χ1) is 9.24.